The van der Waals surface area contributed by atoms with E-state index in [1.807, 2.05) is 0 Å². The van der Waals surface area contributed by atoms with Crippen LogP contribution in [0.5, 0.6) is 0 Å². The molecule has 0 aliphatic rings. The predicted octanol–water partition coefficient (Wildman–Crippen LogP) is -1.19. The molecule has 0 aliphatic carbocycles. The van der Waals surface area contributed by atoms with Gasteiger partial charge in [-0.1, -0.05) is 4.57 Å². The Kier molecular flexibility index (Phi) is 10.8. The van der Waals surface area contributed by atoms with Crippen LogP contribution in [0.4, 0.5) is 0 Å². The molecule has 0 aliphatic heterocycles. The van der Waals surface area contributed by atoms with Crippen LogP contribution in [-0.4, -0.2) is 38.2 Å². The number of halogens is 1. The van der Waals surface area contributed by atoms with Crippen LogP contribution in [0, 0.1) is 0 Å². The molecule has 0 N–H and O–H groups in total. The molecule has 0 bridgehead atoms. The van der Waals surface area contributed by atoms with Crippen LogP contribution >= 0.6 is 17.9 Å². The van der Waals surface area contributed by atoms with Crippen LogP contribution in [0.15, 0.2) is 0 Å². The van der Waals surface area contributed by atoms with E-state index >= 15 is 0 Å². The van der Waals surface area contributed by atoms with E-state index in [0.29, 0.717) is 0 Å². The van der Waals surface area contributed by atoms with Crippen LogP contribution in [-0.2, 0) is 13.2 Å². The number of hydrogen-bond acceptors (Lipinski definition) is 4. The molecule has 0 aromatic rings. The van der Waals surface area contributed by atoms with Crippen molar-refractivity contribution in [2.45, 2.75) is 0 Å². The third kappa shape index (κ3) is 9.11. The van der Waals surface area contributed by atoms with E-state index in [1.54, 1.807) is 0 Å². The smallest absolute Gasteiger partial charge is 0.458 e. The zero-order valence-electron chi connectivity index (χ0n) is 4.37. The second-order valence-electron chi connectivity index (χ2n) is 0.636. The summed E-state index contributed by atoms with van der Waals surface area (Å²) in [5.74, 6) is 0. The molecule has 0 spiro atoms. The van der Waals surface area contributed by atoms with E-state index in [-0.39, 0.29) is 29.8 Å². The standard InChI is InChI=1S/ClO4PS.Li.Si/c1-7(4,5)6(2)3;;. The summed E-state index contributed by atoms with van der Waals surface area (Å²) >= 11 is 0. The maximum atomic E-state index is 9.50. The van der Waals surface area contributed by atoms with Gasteiger partial charge in [-0.2, -0.15) is 8.42 Å². The Morgan fingerprint density at radius 3 is 1.56 bits per heavy atom. The predicted molar refractivity (Wildman–Crippen MR) is 33.9 cm³/mol. The van der Waals surface area contributed by atoms with Crippen LogP contribution in [0.2, 0.25) is 0 Å². The molecule has 4 nitrogen and oxygen atoms in total. The quantitative estimate of drug-likeness (QED) is 0.301. The molecule has 0 heterocycles. The van der Waals surface area contributed by atoms with E-state index in [0.717, 1.165) is 0 Å². The Balaban J connectivity index is -0.000000180. The Hall–Kier alpha value is 1.11. The average molecular weight is 198 g/mol. The summed E-state index contributed by atoms with van der Waals surface area (Å²) in [5, 5.41) is 0. The first kappa shape index (κ1) is 16.6. The van der Waals surface area contributed by atoms with Gasteiger partial charge in [0.15, 0.2) is 0 Å². The van der Waals surface area contributed by atoms with Crippen molar-refractivity contribution in [1.29, 1.82) is 0 Å². The van der Waals surface area contributed by atoms with Crippen molar-refractivity contribution in [3.63, 3.8) is 0 Å². The summed E-state index contributed by atoms with van der Waals surface area (Å²) in [6.45, 7) is 0. The Morgan fingerprint density at radius 1 is 1.44 bits per heavy atom. The van der Waals surface area contributed by atoms with Gasteiger partial charge in [0.25, 0.3) is 0 Å². The molecule has 47 valence electrons. The Bertz CT molecular complexity index is 175. The molecular formula is ClLiO4PSSi. The summed E-state index contributed by atoms with van der Waals surface area (Å²) in [4.78, 5) is 9.34. The van der Waals surface area contributed by atoms with Crippen LogP contribution < -0.4 is 4.89 Å². The summed E-state index contributed by atoms with van der Waals surface area (Å²) in [7, 11) is -3.57. The van der Waals surface area contributed by atoms with Gasteiger partial charge in [0, 0.05) is 29.8 Å². The zero-order valence-corrected chi connectivity index (χ0v) is 7.83. The second-order valence-corrected chi connectivity index (χ2v) is 6.11. The second kappa shape index (κ2) is 5.87. The fourth-order valence-corrected chi connectivity index (χ4v) is 0. The van der Waals surface area contributed by atoms with E-state index in [1.165, 1.54) is 0 Å². The zero-order chi connectivity index (χ0) is 6.08. The van der Waals surface area contributed by atoms with E-state index in [9.17, 15) is 17.9 Å². The van der Waals surface area contributed by atoms with E-state index in [4.69, 9.17) is 0 Å². The molecule has 0 amide bonds. The molecule has 9 heteroatoms. The Morgan fingerprint density at radius 2 is 1.56 bits per heavy atom. The summed E-state index contributed by atoms with van der Waals surface area (Å²) in [6.07, 6.45) is 0. The fraction of sp³-hybridized carbons (Fsp3) is 0. The molecule has 9 heavy (non-hydrogen) atoms. The SMILES string of the molecule is O=[P+]([O-])S(=O)(=O)Cl.[Li].[Si]. The topological polar surface area (TPSA) is 74.3 Å². The Labute approximate surface area is 74.2 Å². The molecule has 0 saturated heterocycles. The molecule has 0 saturated carbocycles. The molecule has 0 fully saturated rings. The van der Waals surface area contributed by atoms with Gasteiger partial charge >= 0.3 is 15.9 Å². The minimum Gasteiger partial charge on any atom is -0.580 e. The molecule has 5 radical (unpaired) electrons. The van der Waals surface area contributed by atoms with Crippen LogP contribution in [0.25, 0.3) is 0 Å². The summed E-state index contributed by atoms with van der Waals surface area (Å²) in [5.41, 5.74) is 0. The van der Waals surface area contributed by atoms with Gasteiger partial charge in [-0.25, -0.2) is 0 Å². The van der Waals surface area contributed by atoms with Crippen LogP contribution in [0.3, 0.4) is 0 Å². The van der Waals surface area contributed by atoms with Crippen molar-refractivity contribution in [2.75, 3.05) is 0 Å². The van der Waals surface area contributed by atoms with Crippen molar-refractivity contribution in [2.24, 2.45) is 0 Å². The van der Waals surface area contributed by atoms with Gasteiger partial charge in [-0.15, -0.1) is 0 Å². The van der Waals surface area contributed by atoms with Gasteiger partial charge in [0.05, 0.1) is 10.7 Å². The monoisotopic (exact) mass is 197 g/mol. The van der Waals surface area contributed by atoms with Crippen LogP contribution in [0.1, 0.15) is 0 Å². The molecule has 0 aromatic heterocycles. The summed E-state index contributed by atoms with van der Waals surface area (Å²) < 4.78 is 28.3. The average Bonchev–Trinajstić information content (AvgIpc) is 1.31. The third-order valence-electron chi connectivity index (χ3n) is 0.178. The summed E-state index contributed by atoms with van der Waals surface area (Å²) in [6, 6.07) is 0. The normalized spacial score (nSPS) is 10.7. The fourth-order valence-electron chi connectivity index (χ4n) is 0. The van der Waals surface area contributed by atoms with Gasteiger partial charge in [0.1, 0.15) is 0 Å². The first-order valence-electron chi connectivity index (χ1n) is 1.04. The largest absolute Gasteiger partial charge is 0.580 e. The van der Waals surface area contributed by atoms with Gasteiger partial charge < -0.3 is 4.89 Å². The molecular weight excluding hydrogens is 198 g/mol. The minimum atomic E-state index is -4.31. The van der Waals surface area contributed by atoms with E-state index in [2.05, 4.69) is 10.7 Å². The van der Waals surface area contributed by atoms with Crippen molar-refractivity contribution < 1.29 is 17.9 Å². The number of hydrogen-bond donors (Lipinski definition) is 0. The maximum Gasteiger partial charge on any atom is 0.458 e. The van der Waals surface area contributed by atoms with E-state index < -0.39 is 15.9 Å². The van der Waals surface area contributed by atoms with Crippen molar-refractivity contribution >= 4 is 56.4 Å². The van der Waals surface area contributed by atoms with Gasteiger partial charge in [0.2, 0.25) is 0 Å². The maximum absolute atomic E-state index is 9.50. The minimum absolute atomic E-state index is 0. The third-order valence-corrected chi connectivity index (χ3v) is 2.62. The van der Waals surface area contributed by atoms with Crippen molar-refractivity contribution in [3.05, 3.63) is 0 Å². The number of rotatable bonds is 1. The van der Waals surface area contributed by atoms with Gasteiger partial charge in [-0.05, 0) is 0 Å². The van der Waals surface area contributed by atoms with Crippen molar-refractivity contribution in [1.82, 2.24) is 0 Å². The first-order valence-corrected chi connectivity index (χ1v) is 5.13. The molecule has 0 rings (SSSR count). The van der Waals surface area contributed by atoms with Gasteiger partial charge in [-0.3, -0.25) is 0 Å². The first-order chi connectivity index (χ1) is 2.94. The molecule has 1 atom stereocenters. The van der Waals surface area contributed by atoms with Crippen molar-refractivity contribution in [3.8, 4) is 0 Å². The molecule has 0 aromatic carbocycles. The molecule has 1 unspecified atom stereocenters.